The van der Waals surface area contributed by atoms with Crippen LogP contribution in [0.15, 0.2) is 78.9 Å². The highest BCUT2D eigenvalue weighted by atomic mass is 16.6. The number of amides is 1. The Morgan fingerprint density at radius 3 is 2.26 bits per heavy atom. The van der Waals surface area contributed by atoms with Crippen LogP contribution in [-0.2, 0) is 32.2 Å². The number of benzene rings is 3. The van der Waals surface area contributed by atoms with Gasteiger partial charge in [-0.15, -0.1) is 10.2 Å². The lowest BCUT2D eigenvalue weighted by molar-refractivity contribution is -0.159. The predicted octanol–water partition coefficient (Wildman–Crippen LogP) is 5.84. The van der Waals surface area contributed by atoms with Crippen LogP contribution in [0.5, 0.6) is 0 Å². The van der Waals surface area contributed by atoms with E-state index < -0.39 is 12.0 Å². The van der Waals surface area contributed by atoms with Gasteiger partial charge in [-0.05, 0) is 39.8 Å². The van der Waals surface area contributed by atoms with E-state index >= 15 is 0 Å². The molecular formula is C33H39N5O4. The second-order valence-corrected chi connectivity index (χ2v) is 10.5. The third-order valence-corrected chi connectivity index (χ3v) is 6.99. The summed E-state index contributed by atoms with van der Waals surface area (Å²) in [7, 11) is 0. The average Bonchev–Trinajstić information content (AvgIpc) is 3.55. The fourth-order valence-electron chi connectivity index (χ4n) is 4.82. The van der Waals surface area contributed by atoms with Crippen molar-refractivity contribution in [3.05, 3.63) is 90.0 Å². The number of carbonyl (C=O) groups is 2. The van der Waals surface area contributed by atoms with Crippen LogP contribution >= 0.6 is 0 Å². The number of ether oxygens (including phenoxy) is 2. The Morgan fingerprint density at radius 2 is 1.60 bits per heavy atom. The van der Waals surface area contributed by atoms with Crippen molar-refractivity contribution in [3.8, 4) is 22.5 Å². The van der Waals surface area contributed by atoms with Crippen LogP contribution < -0.4 is 0 Å². The SMILES string of the molecule is CCCCC(=O)N(Cc1ccc(-c2ccccc2-c2nn[nH]n2)cc1)C(C(=O)OCCOCc1ccccc1)C(C)C. The van der Waals surface area contributed by atoms with E-state index in [2.05, 4.69) is 20.6 Å². The number of unbranched alkanes of at least 4 members (excludes halogenated alkanes) is 1. The van der Waals surface area contributed by atoms with Gasteiger partial charge in [0.15, 0.2) is 0 Å². The molecule has 1 heterocycles. The van der Waals surface area contributed by atoms with E-state index in [4.69, 9.17) is 9.47 Å². The molecule has 0 fully saturated rings. The number of rotatable bonds is 15. The van der Waals surface area contributed by atoms with Gasteiger partial charge in [0.25, 0.3) is 0 Å². The number of tetrazole rings is 1. The molecular weight excluding hydrogens is 530 g/mol. The molecule has 0 spiro atoms. The third kappa shape index (κ3) is 8.33. The number of hydrogen-bond acceptors (Lipinski definition) is 7. The van der Waals surface area contributed by atoms with Crippen LogP contribution in [-0.4, -0.2) is 56.7 Å². The minimum absolute atomic E-state index is 0.0562. The van der Waals surface area contributed by atoms with Crippen LogP contribution in [0.2, 0.25) is 0 Å². The minimum Gasteiger partial charge on any atom is -0.462 e. The van der Waals surface area contributed by atoms with E-state index in [1.807, 2.05) is 99.6 Å². The van der Waals surface area contributed by atoms with Crippen molar-refractivity contribution in [2.24, 2.45) is 5.92 Å². The second kappa shape index (κ2) is 15.6. The lowest BCUT2D eigenvalue weighted by Crippen LogP contribution is -2.48. The highest BCUT2D eigenvalue weighted by molar-refractivity contribution is 5.85. The topological polar surface area (TPSA) is 110 Å². The Kier molecular flexibility index (Phi) is 11.3. The molecule has 4 aromatic rings. The summed E-state index contributed by atoms with van der Waals surface area (Å²) >= 11 is 0. The average molecular weight is 570 g/mol. The third-order valence-electron chi connectivity index (χ3n) is 6.99. The molecule has 0 bridgehead atoms. The summed E-state index contributed by atoms with van der Waals surface area (Å²) in [4.78, 5) is 28.4. The van der Waals surface area contributed by atoms with Gasteiger partial charge in [0, 0.05) is 18.5 Å². The molecule has 3 aromatic carbocycles. The van der Waals surface area contributed by atoms with Crippen molar-refractivity contribution in [2.75, 3.05) is 13.2 Å². The molecule has 0 aliphatic heterocycles. The van der Waals surface area contributed by atoms with E-state index in [-0.39, 0.29) is 25.0 Å². The molecule has 9 nitrogen and oxygen atoms in total. The smallest absolute Gasteiger partial charge is 0.329 e. The fraction of sp³-hybridized carbons (Fsp3) is 0.364. The van der Waals surface area contributed by atoms with Gasteiger partial charge in [0.05, 0.1) is 13.2 Å². The van der Waals surface area contributed by atoms with Crippen molar-refractivity contribution >= 4 is 11.9 Å². The van der Waals surface area contributed by atoms with Crippen molar-refractivity contribution in [3.63, 3.8) is 0 Å². The first kappa shape index (κ1) is 30.6. The molecule has 0 radical (unpaired) electrons. The predicted molar refractivity (Wildman–Crippen MR) is 161 cm³/mol. The molecule has 1 atom stereocenters. The van der Waals surface area contributed by atoms with Crippen LogP contribution in [0.1, 0.15) is 51.2 Å². The Hall–Kier alpha value is -4.37. The number of H-pyrrole nitrogens is 1. The normalized spacial score (nSPS) is 11.8. The maximum absolute atomic E-state index is 13.4. The van der Waals surface area contributed by atoms with E-state index in [0.717, 1.165) is 40.7 Å². The monoisotopic (exact) mass is 569 g/mol. The zero-order valence-corrected chi connectivity index (χ0v) is 24.5. The first-order chi connectivity index (χ1) is 20.5. The Labute approximate surface area is 247 Å². The van der Waals surface area contributed by atoms with Crippen molar-refractivity contribution in [1.29, 1.82) is 0 Å². The summed E-state index contributed by atoms with van der Waals surface area (Å²) in [6, 6.07) is 25.0. The number of nitrogens with one attached hydrogen (secondary N) is 1. The molecule has 1 N–H and O–H groups in total. The molecule has 0 saturated carbocycles. The molecule has 4 rings (SSSR count). The molecule has 1 aromatic heterocycles. The van der Waals surface area contributed by atoms with E-state index in [1.165, 1.54) is 0 Å². The van der Waals surface area contributed by atoms with Crippen LogP contribution in [0.4, 0.5) is 0 Å². The zero-order valence-electron chi connectivity index (χ0n) is 24.5. The van der Waals surface area contributed by atoms with Crippen LogP contribution in [0.25, 0.3) is 22.5 Å². The molecule has 1 unspecified atom stereocenters. The number of hydrogen-bond donors (Lipinski definition) is 1. The molecule has 0 aliphatic rings. The summed E-state index contributed by atoms with van der Waals surface area (Å²) in [5.74, 6) is -0.0799. The quantitative estimate of drug-likeness (QED) is 0.142. The molecule has 9 heteroatoms. The highest BCUT2D eigenvalue weighted by Gasteiger charge is 2.33. The molecule has 1 amide bonds. The first-order valence-corrected chi connectivity index (χ1v) is 14.5. The second-order valence-electron chi connectivity index (χ2n) is 10.5. The molecule has 220 valence electrons. The van der Waals surface area contributed by atoms with Crippen molar-refractivity contribution < 1.29 is 19.1 Å². The van der Waals surface area contributed by atoms with E-state index in [1.54, 1.807) is 4.90 Å². The number of esters is 1. The van der Waals surface area contributed by atoms with Crippen LogP contribution in [0.3, 0.4) is 0 Å². The summed E-state index contributed by atoms with van der Waals surface area (Å²) < 4.78 is 11.3. The lowest BCUT2D eigenvalue weighted by Gasteiger charge is -2.33. The van der Waals surface area contributed by atoms with Gasteiger partial charge < -0.3 is 14.4 Å². The van der Waals surface area contributed by atoms with Gasteiger partial charge in [-0.1, -0.05) is 106 Å². The Bertz CT molecular complexity index is 1390. The maximum Gasteiger partial charge on any atom is 0.329 e. The molecule has 0 saturated heterocycles. The zero-order chi connectivity index (χ0) is 29.7. The van der Waals surface area contributed by atoms with Gasteiger partial charge in [0.2, 0.25) is 11.7 Å². The first-order valence-electron chi connectivity index (χ1n) is 14.5. The van der Waals surface area contributed by atoms with Crippen molar-refractivity contribution in [1.82, 2.24) is 25.5 Å². The van der Waals surface area contributed by atoms with Gasteiger partial charge in [0.1, 0.15) is 12.6 Å². The number of aromatic nitrogens is 4. The number of nitrogens with zero attached hydrogens (tertiary/aromatic N) is 4. The lowest BCUT2D eigenvalue weighted by atomic mass is 9.97. The fourth-order valence-corrected chi connectivity index (χ4v) is 4.82. The van der Waals surface area contributed by atoms with E-state index in [0.29, 0.717) is 25.4 Å². The summed E-state index contributed by atoms with van der Waals surface area (Å²) in [6.07, 6.45) is 2.03. The van der Waals surface area contributed by atoms with Gasteiger partial charge >= 0.3 is 5.97 Å². The highest BCUT2D eigenvalue weighted by Crippen LogP contribution is 2.30. The number of aromatic amines is 1. The Balaban J connectivity index is 1.45. The largest absolute Gasteiger partial charge is 0.462 e. The minimum atomic E-state index is -0.706. The molecule has 42 heavy (non-hydrogen) atoms. The van der Waals surface area contributed by atoms with Crippen LogP contribution in [0, 0.1) is 5.92 Å². The maximum atomic E-state index is 13.4. The Morgan fingerprint density at radius 1 is 0.881 bits per heavy atom. The van der Waals surface area contributed by atoms with Gasteiger partial charge in [-0.3, -0.25) is 4.79 Å². The summed E-state index contributed by atoms with van der Waals surface area (Å²) in [5, 5.41) is 14.4. The van der Waals surface area contributed by atoms with Gasteiger partial charge in [-0.25, -0.2) is 4.79 Å². The molecule has 0 aliphatic carbocycles. The summed E-state index contributed by atoms with van der Waals surface area (Å²) in [6.45, 7) is 7.08. The van der Waals surface area contributed by atoms with E-state index in [9.17, 15) is 9.59 Å². The standard InChI is InChI=1S/C33H39N5O4/c1-4-5-15-30(39)38(31(24(2)3)33(40)42-21-20-41-23-26-11-7-6-8-12-26)22-25-16-18-27(19-17-25)28-13-9-10-14-29(28)32-34-36-37-35-32/h6-14,16-19,24,31H,4-5,15,20-23H2,1-3H3,(H,34,35,36,37). The van der Waals surface area contributed by atoms with Crippen molar-refractivity contribution in [2.45, 2.75) is 59.2 Å². The van der Waals surface area contributed by atoms with Gasteiger partial charge in [-0.2, -0.15) is 5.21 Å². The summed E-state index contributed by atoms with van der Waals surface area (Å²) in [5.41, 5.74) is 4.80. The number of carbonyl (C=O) groups excluding carboxylic acids is 2.